The lowest BCUT2D eigenvalue weighted by Gasteiger charge is -2.35. The fourth-order valence-electron chi connectivity index (χ4n) is 7.17. The van der Waals surface area contributed by atoms with E-state index in [4.69, 9.17) is 19.5 Å². The Morgan fingerprint density at radius 2 is 1.76 bits per heavy atom. The highest BCUT2D eigenvalue weighted by Crippen LogP contribution is 2.42. The average molecular weight is 949 g/mol. The molecular weight excluding hydrogens is 902 g/mol. The van der Waals surface area contributed by atoms with Crippen molar-refractivity contribution in [2.24, 2.45) is 5.41 Å². The molecule has 2 aliphatic rings. The fourth-order valence-corrected chi connectivity index (χ4v) is 8.84. The number of thiazole rings is 1. The average Bonchev–Trinajstić information content (AvgIpc) is 3.96. The van der Waals surface area contributed by atoms with Gasteiger partial charge >= 0.3 is 6.18 Å². The van der Waals surface area contributed by atoms with E-state index in [0.29, 0.717) is 23.4 Å². The molecule has 348 valence electrons. The Labute approximate surface area is 386 Å². The third kappa shape index (κ3) is 11.9. The van der Waals surface area contributed by atoms with E-state index >= 15 is 0 Å². The van der Waals surface area contributed by atoms with Crippen molar-refractivity contribution < 1.29 is 56.5 Å². The van der Waals surface area contributed by atoms with Crippen LogP contribution in [0.4, 0.5) is 18.0 Å². The molecule has 3 atom stereocenters. The molecular formula is C46H47F3N6O9S2. The summed E-state index contributed by atoms with van der Waals surface area (Å²) < 4.78 is 57.6. The fraction of sp³-hybridized carbons (Fsp3) is 0.370. The predicted molar refractivity (Wildman–Crippen MR) is 239 cm³/mol. The number of nitrogens with zero attached hydrogens (tertiary/aromatic N) is 4. The summed E-state index contributed by atoms with van der Waals surface area (Å²) in [6.45, 7) is 7.02. The summed E-state index contributed by atoms with van der Waals surface area (Å²) in [6, 6.07) is 14.5. The summed E-state index contributed by atoms with van der Waals surface area (Å²) in [5.41, 5.74) is 2.83. The van der Waals surface area contributed by atoms with Gasteiger partial charge in [-0.3, -0.25) is 28.9 Å². The van der Waals surface area contributed by atoms with Crippen molar-refractivity contribution in [3.8, 4) is 33.8 Å². The second-order valence-electron chi connectivity index (χ2n) is 16.5. The molecule has 0 bridgehead atoms. The van der Waals surface area contributed by atoms with Crippen molar-refractivity contribution >= 4 is 58.0 Å². The number of hydrogen-bond acceptors (Lipinski definition) is 13. The number of carbonyl (C=O) groups excluding carboxylic acids is 5. The molecule has 15 nitrogen and oxygen atoms in total. The van der Waals surface area contributed by atoms with Crippen LogP contribution in [-0.2, 0) is 36.6 Å². The van der Waals surface area contributed by atoms with Gasteiger partial charge in [-0.25, -0.2) is 4.98 Å². The van der Waals surface area contributed by atoms with Crippen LogP contribution in [0, 0.1) is 23.7 Å². The first-order valence-corrected chi connectivity index (χ1v) is 22.3. The number of aliphatic hydroxyl groups excluding tert-OH is 1. The van der Waals surface area contributed by atoms with E-state index in [2.05, 4.69) is 15.6 Å². The van der Waals surface area contributed by atoms with Crippen LogP contribution in [-0.4, -0.2) is 100 Å². The Morgan fingerprint density at radius 3 is 2.41 bits per heavy atom. The van der Waals surface area contributed by atoms with Gasteiger partial charge in [0.25, 0.3) is 11.1 Å². The Balaban J connectivity index is 0.982. The number of benzene rings is 3. The third-order valence-electron chi connectivity index (χ3n) is 10.6. The number of amides is 5. The summed E-state index contributed by atoms with van der Waals surface area (Å²) in [4.78, 5) is 74.3. The zero-order chi connectivity index (χ0) is 47.9. The van der Waals surface area contributed by atoms with Crippen LogP contribution in [0.15, 0.2) is 71.1 Å². The minimum atomic E-state index is -4.80. The number of β-amino-alcohol motifs (C(OH)–C–C–N with tert-alkyl or cyclic N) is 1. The molecule has 2 fully saturated rings. The number of imide groups is 1. The molecule has 0 aliphatic carbocycles. The van der Waals surface area contributed by atoms with Crippen molar-refractivity contribution in [3.63, 3.8) is 0 Å². The van der Waals surface area contributed by atoms with Crippen LogP contribution in [0.2, 0.25) is 0 Å². The molecule has 2 saturated heterocycles. The molecule has 66 heavy (non-hydrogen) atoms. The first-order valence-electron chi connectivity index (χ1n) is 20.6. The highest BCUT2D eigenvalue weighted by Gasteiger charge is 2.44. The van der Waals surface area contributed by atoms with Gasteiger partial charge in [-0.2, -0.15) is 18.4 Å². The van der Waals surface area contributed by atoms with Crippen LogP contribution in [0.1, 0.15) is 61.6 Å². The molecule has 2 aliphatic heterocycles. The Kier molecular flexibility index (Phi) is 15.6. The second kappa shape index (κ2) is 20.9. The highest BCUT2D eigenvalue weighted by atomic mass is 32.2. The number of rotatable bonds is 16. The van der Waals surface area contributed by atoms with Crippen molar-refractivity contribution in [3.05, 3.63) is 99.0 Å². The molecule has 0 saturated carbocycles. The number of nitrogens with one attached hydrogen (secondary N) is 2. The number of alkyl halides is 3. The topological polar surface area (TPSA) is 200 Å². The standard InChI is InChI=1S/C46H47F3N6O9S2/c1-26-39(65-25-52-26)30-10-6-27(7-11-30)23-51-41(58)33-21-31(56)24-55(33)43(60)40(45(2,3)4)53-38(57)14-16-63-17-15-54-42(59)37(66-44(54)61)20-28-8-13-35(36(19-28)62-5)64-34-12-9-29(22-50)18-32(34)46(47,48)49/h6-13,18-20,25,31,33,40,56H,14-17,21,23-24H2,1-5H3,(H,51,58)(H,53,57)/b37-20-/t31-,33+,40+/m1/s1. The van der Waals surface area contributed by atoms with Crippen molar-refractivity contribution in [2.45, 2.75) is 71.4 Å². The lowest BCUT2D eigenvalue weighted by Crippen LogP contribution is -2.57. The molecule has 20 heteroatoms. The molecule has 1 aromatic heterocycles. The Morgan fingerprint density at radius 1 is 1.03 bits per heavy atom. The quantitative estimate of drug-likeness (QED) is 0.0764. The smallest absolute Gasteiger partial charge is 0.420 e. The van der Waals surface area contributed by atoms with Crippen LogP contribution in [0.3, 0.4) is 0 Å². The van der Waals surface area contributed by atoms with Gasteiger partial charge in [0.2, 0.25) is 17.7 Å². The van der Waals surface area contributed by atoms with Crippen molar-refractivity contribution in [2.75, 3.05) is 33.4 Å². The molecule has 3 heterocycles. The number of likely N-dealkylation sites (tertiary alicyclic amines) is 1. The third-order valence-corrected chi connectivity index (χ3v) is 12.5. The van der Waals surface area contributed by atoms with E-state index in [-0.39, 0.29) is 67.7 Å². The number of nitriles is 1. The summed E-state index contributed by atoms with van der Waals surface area (Å²) in [6.07, 6.45) is -4.45. The zero-order valence-corrected chi connectivity index (χ0v) is 38.2. The summed E-state index contributed by atoms with van der Waals surface area (Å²) in [5.74, 6) is -2.65. The maximum atomic E-state index is 14.0. The molecule has 4 aromatic rings. The van der Waals surface area contributed by atoms with Crippen molar-refractivity contribution in [1.82, 2.24) is 25.4 Å². The SMILES string of the molecule is COc1cc(/C=C2\SC(=O)N(CCOCCC(=O)N[C@@H](C(=O)N3C[C@H](O)C[C@H]3C(=O)NCc3ccc(-c4scnc4C)cc3)C(C)(C)C)C2=O)ccc1Oc1ccc(C#N)cc1C(F)(F)F. The predicted octanol–water partition coefficient (Wildman–Crippen LogP) is 7.06. The van der Waals surface area contributed by atoms with E-state index in [0.717, 1.165) is 32.7 Å². The Hall–Kier alpha value is -6.27. The molecule has 0 spiro atoms. The van der Waals surface area contributed by atoms with Crippen LogP contribution in [0.25, 0.3) is 16.5 Å². The number of aryl methyl sites for hydroxylation is 1. The highest BCUT2D eigenvalue weighted by molar-refractivity contribution is 8.18. The number of halogens is 3. The van der Waals surface area contributed by atoms with E-state index in [9.17, 15) is 42.3 Å². The summed E-state index contributed by atoms with van der Waals surface area (Å²) >= 11 is 2.22. The van der Waals surface area contributed by atoms with E-state index in [1.165, 1.54) is 42.4 Å². The molecule has 3 N–H and O–H groups in total. The van der Waals surface area contributed by atoms with Crippen molar-refractivity contribution in [1.29, 1.82) is 5.26 Å². The van der Waals surface area contributed by atoms with E-state index in [1.807, 2.05) is 31.2 Å². The van der Waals surface area contributed by atoms with Gasteiger partial charge in [-0.15, -0.1) is 11.3 Å². The zero-order valence-electron chi connectivity index (χ0n) is 36.6. The molecule has 0 radical (unpaired) electrons. The van der Waals surface area contributed by atoms with Gasteiger partial charge < -0.3 is 34.9 Å². The first-order chi connectivity index (χ1) is 31.3. The summed E-state index contributed by atoms with van der Waals surface area (Å²) in [7, 11) is 1.28. The minimum Gasteiger partial charge on any atom is -0.493 e. The number of hydrogen-bond donors (Lipinski definition) is 3. The normalized spacial score (nSPS) is 17.5. The van der Waals surface area contributed by atoms with Crippen LogP contribution < -0.4 is 20.1 Å². The second-order valence-corrected chi connectivity index (χ2v) is 18.3. The maximum Gasteiger partial charge on any atom is 0.420 e. The summed E-state index contributed by atoms with van der Waals surface area (Å²) in [5, 5.41) is 24.7. The number of aromatic nitrogens is 1. The van der Waals surface area contributed by atoms with Crippen LogP contribution in [0.5, 0.6) is 17.2 Å². The number of thioether (sulfide) groups is 1. The number of methoxy groups -OCH3 is 1. The van der Waals surface area contributed by atoms with E-state index < -0.39 is 70.0 Å². The first kappa shape index (κ1) is 49.2. The monoisotopic (exact) mass is 948 g/mol. The lowest BCUT2D eigenvalue weighted by molar-refractivity contribution is -0.144. The minimum absolute atomic E-state index is 0.0362. The Bertz CT molecular complexity index is 2550. The van der Waals surface area contributed by atoms with Gasteiger partial charge in [-0.1, -0.05) is 51.1 Å². The number of ether oxygens (including phenoxy) is 3. The number of carbonyl (C=O) groups is 5. The maximum absolute atomic E-state index is 14.0. The van der Waals surface area contributed by atoms with Gasteiger partial charge in [0, 0.05) is 25.9 Å². The molecule has 6 rings (SSSR count). The lowest BCUT2D eigenvalue weighted by atomic mass is 9.85. The largest absolute Gasteiger partial charge is 0.493 e. The molecule has 5 amide bonds. The van der Waals surface area contributed by atoms with Crippen LogP contribution >= 0.6 is 23.1 Å². The van der Waals surface area contributed by atoms with E-state index in [1.54, 1.807) is 43.7 Å². The van der Waals surface area contributed by atoms with Gasteiger partial charge in [-0.05, 0) is 77.2 Å². The molecule has 3 aromatic carbocycles. The molecule has 0 unspecified atom stereocenters. The number of aliphatic hydroxyl groups is 1. The van der Waals surface area contributed by atoms with Gasteiger partial charge in [0.15, 0.2) is 11.5 Å². The van der Waals surface area contributed by atoms with Gasteiger partial charge in [0.1, 0.15) is 17.8 Å². The van der Waals surface area contributed by atoms with Gasteiger partial charge in [0.05, 0.1) is 71.2 Å².